The fourth-order valence-corrected chi connectivity index (χ4v) is 2.48. The quantitative estimate of drug-likeness (QED) is 0.517. The van der Waals surface area contributed by atoms with Crippen molar-refractivity contribution < 1.29 is 32.7 Å². The van der Waals surface area contributed by atoms with Gasteiger partial charge in [0.15, 0.2) is 24.0 Å². The van der Waals surface area contributed by atoms with E-state index in [9.17, 15) is 28.0 Å². The molecule has 142 valence electrons. The van der Waals surface area contributed by atoms with Crippen LogP contribution >= 0.6 is 11.3 Å². The number of benzene rings is 1. The zero-order valence-electron chi connectivity index (χ0n) is 13.8. The molecule has 0 aliphatic carbocycles. The zero-order chi connectivity index (χ0) is 19.8. The molecule has 2 aromatic rings. The van der Waals surface area contributed by atoms with Crippen molar-refractivity contribution in [3.05, 3.63) is 57.8 Å². The van der Waals surface area contributed by atoms with Crippen molar-refractivity contribution >= 4 is 34.9 Å². The number of rotatable bonds is 8. The molecule has 0 spiro atoms. The number of carbonyl (C=O) groups excluding carboxylic acids is 4. The number of amides is 2. The first-order valence-electron chi connectivity index (χ1n) is 7.59. The summed E-state index contributed by atoms with van der Waals surface area (Å²) in [5, 5.41) is 6.31. The third-order valence-corrected chi connectivity index (χ3v) is 4.06. The van der Waals surface area contributed by atoms with E-state index in [1.165, 1.54) is 11.3 Å². The Morgan fingerprint density at radius 3 is 2.44 bits per heavy atom. The van der Waals surface area contributed by atoms with Gasteiger partial charge in [0.1, 0.15) is 6.54 Å². The van der Waals surface area contributed by atoms with Gasteiger partial charge in [0.2, 0.25) is 5.91 Å². The number of ketones is 1. The summed E-state index contributed by atoms with van der Waals surface area (Å²) in [6.07, 6.45) is 0. The number of hydrogen-bond donors (Lipinski definition) is 2. The van der Waals surface area contributed by atoms with Crippen molar-refractivity contribution in [2.45, 2.75) is 0 Å². The van der Waals surface area contributed by atoms with E-state index >= 15 is 0 Å². The van der Waals surface area contributed by atoms with E-state index in [4.69, 9.17) is 0 Å². The number of ether oxygens (including phenoxy) is 1. The molecule has 0 saturated carbocycles. The summed E-state index contributed by atoms with van der Waals surface area (Å²) in [7, 11) is 0. The van der Waals surface area contributed by atoms with E-state index in [1.807, 2.05) is 0 Å². The average molecular weight is 396 g/mol. The molecule has 1 aromatic heterocycles. The summed E-state index contributed by atoms with van der Waals surface area (Å²) in [6, 6.07) is 5.84. The van der Waals surface area contributed by atoms with Crippen molar-refractivity contribution in [2.75, 3.05) is 19.7 Å². The highest BCUT2D eigenvalue weighted by molar-refractivity contribution is 7.12. The lowest BCUT2D eigenvalue weighted by Gasteiger charge is -2.07. The molecule has 27 heavy (non-hydrogen) atoms. The lowest BCUT2D eigenvalue weighted by Crippen LogP contribution is -2.39. The molecule has 0 atom stereocenters. The third kappa shape index (κ3) is 6.26. The summed E-state index contributed by atoms with van der Waals surface area (Å²) in [6.45, 7) is -1.54. The Bertz CT molecular complexity index is 855. The van der Waals surface area contributed by atoms with Crippen LogP contribution in [-0.4, -0.2) is 43.3 Å². The van der Waals surface area contributed by atoms with Crippen molar-refractivity contribution in [3.8, 4) is 0 Å². The molecule has 0 bridgehead atoms. The Hall–Kier alpha value is -3.14. The Balaban J connectivity index is 1.67. The van der Waals surface area contributed by atoms with E-state index < -0.39 is 48.4 Å². The van der Waals surface area contributed by atoms with Crippen molar-refractivity contribution in [1.82, 2.24) is 10.6 Å². The van der Waals surface area contributed by atoms with Gasteiger partial charge < -0.3 is 15.4 Å². The first-order valence-corrected chi connectivity index (χ1v) is 8.47. The van der Waals surface area contributed by atoms with Crippen molar-refractivity contribution in [3.63, 3.8) is 0 Å². The van der Waals surface area contributed by atoms with Crippen LogP contribution in [0.1, 0.15) is 20.0 Å². The van der Waals surface area contributed by atoms with Crippen molar-refractivity contribution in [1.29, 1.82) is 0 Å². The third-order valence-electron chi connectivity index (χ3n) is 3.19. The molecule has 0 radical (unpaired) electrons. The zero-order valence-corrected chi connectivity index (χ0v) is 14.6. The summed E-state index contributed by atoms with van der Waals surface area (Å²) in [4.78, 5) is 46.9. The molecule has 1 heterocycles. The van der Waals surface area contributed by atoms with Gasteiger partial charge in [0.05, 0.1) is 11.4 Å². The van der Waals surface area contributed by atoms with Gasteiger partial charge >= 0.3 is 5.97 Å². The molecule has 7 nitrogen and oxygen atoms in total. The molecule has 0 fully saturated rings. The monoisotopic (exact) mass is 396 g/mol. The highest BCUT2D eigenvalue weighted by Crippen LogP contribution is 2.09. The number of carbonyl (C=O) groups is 4. The van der Waals surface area contributed by atoms with Crippen LogP contribution in [0.2, 0.25) is 0 Å². The molecule has 1 aromatic carbocycles. The van der Waals surface area contributed by atoms with Crippen LogP contribution in [0, 0.1) is 11.6 Å². The van der Waals surface area contributed by atoms with Crippen LogP contribution in [-0.2, 0) is 14.3 Å². The van der Waals surface area contributed by atoms with Crippen LogP contribution < -0.4 is 10.6 Å². The molecule has 0 aliphatic heterocycles. The minimum absolute atomic E-state index is 0.151. The predicted octanol–water partition coefficient (Wildman–Crippen LogP) is 1.30. The molecule has 0 aliphatic rings. The van der Waals surface area contributed by atoms with Gasteiger partial charge in [-0.05, 0) is 29.6 Å². The smallest absolute Gasteiger partial charge is 0.325 e. The minimum atomic E-state index is -1.19. The van der Waals surface area contributed by atoms with E-state index in [0.717, 1.165) is 12.1 Å². The summed E-state index contributed by atoms with van der Waals surface area (Å²) in [5.74, 6) is -4.95. The fourth-order valence-electron chi connectivity index (χ4n) is 1.84. The maximum atomic E-state index is 13.1. The van der Waals surface area contributed by atoms with Crippen LogP contribution in [0.15, 0.2) is 35.7 Å². The number of thiophene rings is 1. The molecule has 0 saturated heterocycles. The SMILES string of the molecule is O=C(CNC(=O)c1cccs1)NCC(=O)OCC(=O)c1ccc(F)c(F)c1. The molecule has 10 heteroatoms. The number of hydrogen-bond acceptors (Lipinski definition) is 6. The molecule has 2 N–H and O–H groups in total. The minimum Gasteiger partial charge on any atom is -0.456 e. The number of nitrogens with one attached hydrogen (secondary N) is 2. The van der Waals surface area contributed by atoms with Crippen LogP contribution in [0.4, 0.5) is 8.78 Å². The Morgan fingerprint density at radius 2 is 1.78 bits per heavy atom. The van der Waals surface area contributed by atoms with Gasteiger partial charge in [0, 0.05) is 5.56 Å². The van der Waals surface area contributed by atoms with Gasteiger partial charge in [-0.2, -0.15) is 0 Å². The number of Topliss-reactive ketones (excluding diaryl/α,β-unsaturated/α-hetero) is 1. The van der Waals surface area contributed by atoms with E-state index in [-0.39, 0.29) is 12.1 Å². The number of halogens is 2. The lowest BCUT2D eigenvalue weighted by atomic mass is 10.1. The predicted molar refractivity (Wildman–Crippen MR) is 91.3 cm³/mol. The largest absolute Gasteiger partial charge is 0.456 e. The molecule has 2 amide bonds. The summed E-state index contributed by atoms with van der Waals surface area (Å²) in [5.41, 5.74) is -0.151. The second-order valence-corrected chi connectivity index (χ2v) is 6.10. The Kier molecular flexibility index (Phi) is 7.12. The van der Waals surface area contributed by atoms with Crippen LogP contribution in [0.5, 0.6) is 0 Å². The first kappa shape index (κ1) is 20.2. The first-order chi connectivity index (χ1) is 12.9. The summed E-state index contributed by atoms with van der Waals surface area (Å²) >= 11 is 1.22. The van der Waals surface area contributed by atoms with Crippen LogP contribution in [0.3, 0.4) is 0 Å². The second-order valence-electron chi connectivity index (χ2n) is 5.15. The van der Waals surface area contributed by atoms with Gasteiger partial charge in [0.25, 0.3) is 5.91 Å². The highest BCUT2D eigenvalue weighted by atomic mass is 32.1. The van der Waals surface area contributed by atoms with Gasteiger partial charge in [-0.15, -0.1) is 11.3 Å². The summed E-state index contributed by atoms with van der Waals surface area (Å²) < 4.78 is 30.5. The fraction of sp³-hybridized carbons (Fsp3) is 0.176. The highest BCUT2D eigenvalue weighted by Gasteiger charge is 2.14. The maximum absolute atomic E-state index is 13.1. The standard InChI is InChI=1S/C17H14F2N2O5S/c18-11-4-3-10(6-12(11)19)13(22)9-26-16(24)8-20-15(23)7-21-17(25)14-2-1-5-27-14/h1-6H,7-9H2,(H,20,23)(H,21,25). The Morgan fingerprint density at radius 1 is 1.00 bits per heavy atom. The van der Waals surface area contributed by atoms with Crippen molar-refractivity contribution in [2.24, 2.45) is 0 Å². The normalized spacial score (nSPS) is 10.1. The molecule has 0 unspecified atom stereocenters. The topological polar surface area (TPSA) is 102 Å². The van der Waals surface area contributed by atoms with Gasteiger partial charge in [-0.25, -0.2) is 8.78 Å². The molecule has 2 rings (SSSR count). The maximum Gasteiger partial charge on any atom is 0.325 e. The molecular formula is C17H14F2N2O5S. The van der Waals surface area contributed by atoms with Gasteiger partial charge in [-0.3, -0.25) is 19.2 Å². The van der Waals surface area contributed by atoms with Crippen LogP contribution in [0.25, 0.3) is 0 Å². The van der Waals surface area contributed by atoms with E-state index in [1.54, 1.807) is 17.5 Å². The Labute approximate surface area is 156 Å². The molecular weight excluding hydrogens is 382 g/mol. The number of esters is 1. The lowest BCUT2D eigenvalue weighted by molar-refractivity contribution is -0.142. The average Bonchev–Trinajstić information content (AvgIpc) is 3.19. The van der Waals surface area contributed by atoms with E-state index in [0.29, 0.717) is 10.9 Å². The second kappa shape index (κ2) is 9.53. The van der Waals surface area contributed by atoms with E-state index in [2.05, 4.69) is 15.4 Å². The van der Waals surface area contributed by atoms with Gasteiger partial charge in [-0.1, -0.05) is 6.07 Å².